The molecule has 0 saturated heterocycles. The molecule has 4 rings (SSSR count). The van der Waals surface area contributed by atoms with Crippen LogP contribution in [0.25, 0.3) is 0 Å². The number of aliphatic hydroxyl groups is 1. The highest BCUT2D eigenvalue weighted by Gasteiger charge is 2.34. The fraction of sp³-hybridized carbons (Fsp3) is 0.433. The molecule has 220 valence electrons. The summed E-state index contributed by atoms with van der Waals surface area (Å²) in [4.78, 5) is 30.5. The predicted molar refractivity (Wildman–Crippen MR) is 156 cm³/mol. The Morgan fingerprint density at radius 1 is 1.22 bits per heavy atom. The molecule has 1 aliphatic heterocycles. The van der Waals surface area contributed by atoms with E-state index in [4.69, 9.17) is 14.0 Å². The van der Waals surface area contributed by atoms with Crippen molar-refractivity contribution in [2.75, 3.05) is 44.5 Å². The Morgan fingerprint density at radius 2 is 1.95 bits per heavy atom. The van der Waals surface area contributed by atoms with Crippen LogP contribution in [0.1, 0.15) is 41.2 Å². The number of carbonyl (C=O) groups excluding carboxylic acids is 2. The molecule has 0 radical (unpaired) electrons. The summed E-state index contributed by atoms with van der Waals surface area (Å²) in [5, 5.41) is 19.4. The van der Waals surface area contributed by atoms with E-state index in [1.165, 1.54) is 0 Å². The van der Waals surface area contributed by atoms with Gasteiger partial charge in [0.25, 0.3) is 5.91 Å². The van der Waals surface area contributed by atoms with Gasteiger partial charge in [-0.1, -0.05) is 30.3 Å². The molecule has 0 fully saturated rings. The Hall–Kier alpha value is -4.09. The number of nitrogens with zero attached hydrogens (tertiary/aromatic N) is 3. The van der Waals surface area contributed by atoms with Crippen molar-refractivity contribution in [1.82, 2.24) is 15.0 Å². The van der Waals surface area contributed by atoms with Crippen molar-refractivity contribution in [3.63, 3.8) is 0 Å². The minimum absolute atomic E-state index is 0.0800. The van der Waals surface area contributed by atoms with Crippen molar-refractivity contribution >= 4 is 23.3 Å². The first-order valence-corrected chi connectivity index (χ1v) is 13.6. The van der Waals surface area contributed by atoms with Gasteiger partial charge in [0, 0.05) is 25.6 Å². The number of anilines is 2. The van der Waals surface area contributed by atoms with Gasteiger partial charge in [-0.05, 0) is 57.6 Å². The lowest BCUT2D eigenvalue weighted by atomic mass is 9.99. The zero-order valence-corrected chi connectivity index (χ0v) is 24.4. The van der Waals surface area contributed by atoms with Crippen molar-refractivity contribution < 1.29 is 28.7 Å². The van der Waals surface area contributed by atoms with E-state index in [1.807, 2.05) is 45.2 Å². The minimum atomic E-state index is -0.521. The number of nitrogens with one attached hydrogen (secondary N) is 2. The number of aliphatic hydroxyl groups excluding tert-OH is 1. The van der Waals surface area contributed by atoms with Crippen molar-refractivity contribution in [2.45, 2.75) is 46.4 Å². The number of fused-ring (bicyclic) bond motifs is 1. The quantitative estimate of drug-likeness (QED) is 0.350. The first-order valence-electron chi connectivity index (χ1n) is 13.6. The molecule has 0 saturated carbocycles. The van der Waals surface area contributed by atoms with Gasteiger partial charge in [-0.3, -0.25) is 9.69 Å². The molecule has 41 heavy (non-hydrogen) atoms. The van der Waals surface area contributed by atoms with Crippen LogP contribution in [0.5, 0.6) is 11.5 Å². The minimum Gasteiger partial charge on any atom is -0.497 e. The highest BCUT2D eigenvalue weighted by atomic mass is 16.5. The normalized spacial score (nSPS) is 17.8. The van der Waals surface area contributed by atoms with Crippen LogP contribution < -0.4 is 20.1 Å². The third-order valence-electron chi connectivity index (χ3n) is 7.31. The lowest BCUT2D eigenvalue weighted by Gasteiger charge is -2.38. The molecule has 0 spiro atoms. The van der Waals surface area contributed by atoms with E-state index in [0.717, 1.165) is 11.3 Å². The van der Waals surface area contributed by atoms with Crippen LogP contribution in [0, 0.1) is 19.8 Å². The zero-order valence-electron chi connectivity index (χ0n) is 24.4. The summed E-state index contributed by atoms with van der Waals surface area (Å²) in [7, 11) is 3.65. The number of hydrogen-bond donors (Lipinski definition) is 3. The van der Waals surface area contributed by atoms with E-state index >= 15 is 0 Å². The number of aromatic nitrogens is 1. The highest BCUT2D eigenvalue weighted by molar-refractivity contribution is 6.04. The monoisotopic (exact) mass is 565 g/mol. The Balaban J connectivity index is 1.62. The Morgan fingerprint density at radius 3 is 2.59 bits per heavy atom. The smallest absolute Gasteiger partial charge is 0.323 e. The number of benzene rings is 2. The number of methoxy groups -OCH3 is 1. The molecular weight excluding hydrogens is 526 g/mol. The molecule has 1 aromatic heterocycles. The summed E-state index contributed by atoms with van der Waals surface area (Å²) < 4.78 is 17.0. The molecule has 3 N–H and O–H groups in total. The summed E-state index contributed by atoms with van der Waals surface area (Å²) in [6, 6.07) is 12.1. The van der Waals surface area contributed by atoms with E-state index in [9.17, 15) is 14.7 Å². The van der Waals surface area contributed by atoms with Crippen LogP contribution in [0.2, 0.25) is 0 Å². The molecule has 1 aliphatic rings. The number of aryl methyl sites for hydroxylation is 2. The second-order valence-electron chi connectivity index (χ2n) is 10.6. The van der Waals surface area contributed by atoms with Gasteiger partial charge in [0.2, 0.25) is 0 Å². The van der Waals surface area contributed by atoms with Gasteiger partial charge < -0.3 is 34.6 Å². The number of para-hydroxylation sites is 1. The Kier molecular flexibility index (Phi) is 9.51. The Bertz CT molecular complexity index is 1340. The second kappa shape index (κ2) is 13.0. The van der Waals surface area contributed by atoms with Gasteiger partial charge in [0.1, 0.15) is 23.2 Å². The number of amides is 3. The van der Waals surface area contributed by atoms with Crippen LogP contribution >= 0.6 is 0 Å². The average Bonchev–Trinajstić information content (AvgIpc) is 3.27. The van der Waals surface area contributed by atoms with Gasteiger partial charge in [0.15, 0.2) is 11.5 Å². The Labute approximate surface area is 240 Å². The van der Waals surface area contributed by atoms with Crippen LogP contribution in [0.3, 0.4) is 0 Å². The summed E-state index contributed by atoms with van der Waals surface area (Å²) in [6.07, 6.45) is -0.327. The average molecular weight is 566 g/mol. The maximum Gasteiger partial charge on any atom is 0.323 e. The van der Waals surface area contributed by atoms with Crippen LogP contribution in [-0.2, 0) is 6.54 Å². The van der Waals surface area contributed by atoms with Crippen molar-refractivity contribution in [1.29, 1.82) is 0 Å². The van der Waals surface area contributed by atoms with Gasteiger partial charge in [-0.2, -0.15) is 0 Å². The van der Waals surface area contributed by atoms with Gasteiger partial charge in [-0.15, -0.1) is 0 Å². The van der Waals surface area contributed by atoms with Crippen LogP contribution in [-0.4, -0.2) is 78.0 Å². The molecule has 3 amide bonds. The lowest BCUT2D eigenvalue weighted by molar-refractivity contribution is 0.0343. The molecule has 3 aromatic rings. The fourth-order valence-electron chi connectivity index (χ4n) is 4.90. The first kappa shape index (κ1) is 29.9. The SMILES string of the molecule is COc1ccc(CN(C)C[C@H]2Oc3c(NC(=O)Nc4c(C)noc4C)cccc3C(=O)N([C@@H](C)CO)C[C@H]2C)cc1. The number of rotatable bonds is 9. The molecule has 0 aliphatic carbocycles. The third-order valence-corrected chi connectivity index (χ3v) is 7.31. The summed E-state index contributed by atoms with van der Waals surface area (Å²) in [6.45, 7) is 8.76. The number of urea groups is 1. The van der Waals surface area contributed by atoms with Crippen molar-refractivity contribution in [3.05, 3.63) is 65.0 Å². The van der Waals surface area contributed by atoms with Gasteiger partial charge >= 0.3 is 6.03 Å². The number of carbonyl (C=O) groups is 2. The van der Waals surface area contributed by atoms with Crippen molar-refractivity contribution in [2.24, 2.45) is 5.92 Å². The third kappa shape index (κ3) is 6.98. The van der Waals surface area contributed by atoms with E-state index in [0.29, 0.717) is 48.0 Å². The molecule has 11 heteroatoms. The molecule has 0 bridgehead atoms. The topological polar surface area (TPSA) is 129 Å². The van der Waals surface area contributed by atoms with E-state index in [-0.39, 0.29) is 30.3 Å². The number of hydrogen-bond acceptors (Lipinski definition) is 8. The molecular formula is C30H39N5O6. The van der Waals surface area contributed by atoms with E-state index in [2.05, 4.69) is 20.7 Å². The largest absolute Gasteiger partial charge is 0.497 e. The fourth-order valence-corrected chi connectivity index (χ4v) is 4.90. The van der Waals surface area contributed by atoms with Gasteiger partial charge in [-0.25, -0.2) is 4.79 Å². The zero-order chi connectivity index (χ0) is 29.7. The van der Waals surface area contributed by atoms with E-state index in [1.54, 1.807) is 44.1 Å². The second-order valence-corrected chi connectivity index (χ2v) is 10.6. The molecule has 11 nitrogen and oxygen atoms in total. The summed E-state index contributed by atoms with van der Waals surface area (Å²) in [5.74, 6) is 1.22. The molecule has 3 atom stereocenters. The first-order chi connectivity index (χ1) is 19.6. The van der Waals surface area contributed by atoms with Crippen molar-refractivity contribution in [3.8, 4) is 11.5 Å². The predicted octanol–water partition coefficient (Wildman–Crippen LogP) is 4.30. The van der Waals surface area contributed by atoms with Gasteiger partial charge in [0.05, 0.1) is 31.0 Å². The standard InChI is InChI=1S/C30H39N5O6/c1-18-14-35(19(2)17-36)29(37)24-8-7-9-25(31-30(38)32-27-20(3)33-41-21(27)4)28(24)40-26(18)16-34(5)15-22-10-12-23(39-6)13-11-22/h7-13,18-19,26,36H,14-17H2,1-6H3,(H2,31,32,38)/t18-,19+,26-/m1/s1. The molecule has 2 aromatic carbocycles. The molecule has 2 heterocycles. The van der Waals surface area contributed by atoms with Crippen LogP contribution in [0.15, 0.2) is 47.0 Å². The summed E-state index contributed by atoms with van der Waals surface area (Å²) >= 11 is 0. The maximum absolute atomic E-state index is 13.7. The van der Waals surface area contributed by atoms with Crippen LogP contribution in [0.4, 0.5) is 16.2 Å². The lowest BCUT2D eigenvalue weighted by Crippen LogP contribution is -2.49. The summed E-state index contributed by atoms with van der Waals surface area (Å²) in [5.41, 5.74) is 2.82. The highest BCUT2D eigenvalue weighted by Crippen LogP contribution is 2.35. The number of ether oxygens (including phenoxy) is 2. The maximum atomic E-state index is 13.7. The number of likely N-dealkylation sites (N-methyl/N-ethyl adjacent to an activating group) is 1. The molecule has 0 unspecified atom stereocenters. The van der Waals surface area contributed by atoms with E-state index < -0.39 is 12.1 Å².